The molecule has 5 nitrogen and oxygen atoms in total. The normalized spacial score (nSPS) is 10.8. The molecule has 2 aromatic carbocycles. The topological polar surface area (TPSA) is 49.9 Å². The maximum atomic E-state index is 13.4. The number of likely N-dealkylation sites (N-methyl/N-ethyl adjacent to an activating group) is 1. The molecule has 0 aliphatic carbocycles. The molecular weight excluding hydrogens is 364 g/mol. The van der Waals surface area contributed by atoms with Crippen LogP contribution in [0.3, 0.4) is 0 Å². The fraction of sp³-hybridized carbons (Fsp3) is 0.417. The first-order valence-electron chi connectivity index (χ1n) is 10.4. The van der Waals surface area contributed by atoms with Crippen molar-refractivity contribution in [2.75, 3.05) is 37.7 Å². The van der Waals surface area contributed by atoms with Crippen LogP contribution in [0.4, 0.5) is 5.69 Å². The van der Waals surface area contributed by atoms with E-state index in [1.165, 1.54) is 6.92 Å². The molecule has 2 aromatic rings. The highest BCUT2D eigenvalue weighted by molar-refractivity contribution is 6.10. The second kappa shape index (κ2) is 11.4. The molecule has 29 heavy (non-hydrogen) atoms. The van der Waals surface area contributed by atoms with Gasteiger partial charge in [-0.2, -0.15) is 0 Å². The number of carbonyl (C=O) groups excluding carboxylic acids is 2. The van der Waals surface area contributed by atoms with Crippen molar-refractivity contribution in [3.05, 3.63) is 59.7 Å². The van der Waals surface area contributed by atoms with E-state index in [0.29, 0.717) is 30.0 Å². The fourth-order valence-electron chi connectivity index (χ4n) is 3.19. The summed E-state index contributed by atoms with van der Waals surface area (Å²) < 4.78 is 5.62. The molecule has 0 unspecified atom stereocenters. The monoisotopic (exact) mass is 396 g/mol. The molecule has 0 saturated heterocycles. The average molecular weight is 397 g/mol. The van der Waals surface area contributed by atoms with Crippen LogP contribution >= 0.6 is 0 Å². The summed E-state index contributed by atoms with van der Waals surface area (Å²) in [6, 6.07) is 14.5. The maximum absolute atomic E-state index is 13.4. The number of ketones is 1. The number of hydrogen-bond donors (Lipinski definition) is 0. The number of rotatable bonds is 11. The standard InChI is InChI=1S/C24H32N2O3/c1-5-18-29-21-14-12-20(13-15-21)24(28)26(17-16-25(6-2)7-3)23-11-9-8-10-22(23)19(4)27/h8-15H,5-7,16-18H2,1-4H3. The van der Waals surface area contributed by atoms with E-state index < -0.39 is 0 Å². The van der Waals surface area contributed by atoms with E-state index in [-0.39, 0.29) is 11.7 Å². The van der Waals surface area contributed by atoms with Crippen molar-refractivity contribution >= 4 is 17.4 Å². The number of Topliss-reactive ketones (excluding diaryl/α,β-unsaturated/α-hetero) is 1. The molecule has 0 aromatic heterocycles. The number of hydrogen-bond acceptors (Lipinski definition) is 4. The molecule has 156 valence electrons. The highest BCUT2D eigenvalue weighted by Gasteiger charge is 2.22. The summed E-state index contributed by atoms with van der Waals surface area (Å²) in [7, 11) is 0. The molecule has 0 saturated carbocycles. The zero-order valence-corrected chi connectivity index (χ0v) is 18.0. The van der Waals surface area contributed by atoms with Gasteiger partial charge in [-0.3, -0.25) is 9.59 Å². The summed E-state index contributed by atoms with van der Waals surface area (Å²) in [5, 5.41) is 0. The molecule has 0 bridgehead atoms. The number of amides is 1. The molecule has 0 aliphatic rings. The van der Waals surface area contributed by atoms with Crippen molar-refractivity contribution in [1.29, 1.82) is 0 Å². The fourth-order valence-corrected chi connectivity index (χ4v) is 3.19. The summed E-state index contributed by atoms with van der Waals surface area (Å²) in [5.74, 6) is 0.583. The lowest BCUT2D eigenvalue weighted by atomic mass is 10.1. The van der Waals surface area contributed by atoms with Gasteiger partial charge in [0.1, 0.15) is 5.75 Å². The van der Waals surface area contributed by atoms with Crippen LogP contribution < -0.4 is 9.64 Å². The lowest BCUT2D eigenvalue weighted by Crippen LogP contribution is -2.39. The summed E-state index contributed by atoms with van der Waals surface area (Å²) in [6.45, 7) is 11.5. The number of para-hydroxylation sites is 1. The Morgan fingerprint density at radius 3 is 2.14 bits per heavy atom. The van der Waals surface area contributed by atoms with E-state index in [2.05, 4.69) is 25.7 Å². The van der Waals surface area contributed by atoms with Gasteiger partial charge in [0.25, 0.3) is 5.91 Å². The number of carbonyl (C=O) groups is 2. The molecule has 0 radical (unpaired) electrons. The van der Waals surface area contributed by atoms with Gasteiger partial charge >= 0.3 is 0 Å². The summed E-state index contributed by atoms with van der Waals surface area (Å²) in [4.78, 5) is 29.5. The molecule has 1 amide bonds. The number of ether oxygens (including phenoxy) is 1. The van der Waals surface area contributed by atoms with Crippen LogP contribution in [-0.4, -0.2) is 49.4 Å². The van der Waals surface area contributed by atoms with Gasteiger partial charge in [-0.25, -0.2) is 0 Å². The Balaban J connectivity index is 2.34. The second-order valence-corrected chi connectivity index (χ2v) is 6.93. The van der Waals surface area contributed by atoms with Crippen molar-refractivity contribution in [3.63, 3.8) is 0 Å². The minimum Gasteiger partial charge on any atom is -0.494 e. The van der Waals surface area contributed by atoms with Gasteiger partial charge in [0, 0.05) is 24.2 Å². The zero-order chi connectivity index (χ0) is 21.2. The largest absolute Gasteiger partial charge is 0.494 e. The predicted octanol–water partition coefficient (Wildman–Crippen LogP) is 4.67. The molecule has 0 fully saturated rings. The van der Waals surface area contributed by atoms with Crippen LogP contribution in [0.5, 0.6) is 5.75 Å². The Morgan fingerprint density at radius 1 is 0.897 bits per heavy atom. The van der Waals surface area contributed by atoms with Crippen LogP contribution in [0.25, 0.3) is 0 Å². The van der Waals surface area contributed by atoms with E-state index >= 15 is 0 Å². The van der Waals surface area contributed by atoms with Crippen LogP contribution in [0, 0.1) is 0 Å². The highest BCUT2D eigenvalue weighted by atomic mass is 16.5. The molecule has 0 aliphatic heterocycles. The second-order valence-electron chi connectivity index (χ2n) is 6.93. The van der Waals surface area contributed by atoms with Crippen LogP contribution in [0.15, 0.2) is 48.5 Å². The minimum absolute atomic E-state index is 0.0513. The van der Waals surface area contributed by atoms with Crippen molar-refractivity contribution in [1.82, 2.24) is 4.90 Å². The smallest absolute Gasteiger partial charge is 0.258 e. The first-order chi connectivity index (χ1) is 14.0. The molecule has 5 heteroatoms. The lowest BCUT2D eigenvalue weighted by Gasteiger charge is -2.28. The van der Waals surface area contributed by atoms with E-state index in [1.807, 2.05) is 30.3 Å². The van der Waals surface area contributed by atoms with Crippen molar-refractivity contribution in [2.24, 2.45) is 0 Å². The van der Waals surface area contributed by atoms with Crippen LogP contribution in [0.1, 0.15) is 54.8 Å². The van der Waals surface area contributed by atoms with Gasteiger partial charge < -0.3 is 14.5 Å². The first-order valence-corrected chi connectivity index (χ1v) is 10.4. The molecular formula is C24H32N2O3. The third kappa shape index (κ3) is 6.16. The minimum atomic E-state index is -0.118. The Kier molecular flexibility index (Phi) is 8.87. The summed E-state index contributed by atoms with van der Waals surface area (Å²) in [6.07, 6.45) is 0.932. The molecule has 0 N–H and O–H groups in total. The van der Waals surface area contributed by atoms with Gasteiger partial charge in [0.15, 0.2) is 5.78 Å². The molecule has 0 atom stereocenters. The third-order valence-corrected chi connectivity index (χ3v) is 4.93. The number of nitrogens with zero attached hydrogens (tertiary/aromatic N) is 2. The molecule has 0 heterocycles. The Hall–Kier alpha value is -2.66. The van der Waals surface area contributed by atoms with E-state index in [4.69, 9.17) is 4.74 Å². The van der Waals surface area contributed by atoms with E-state index in [0.717, 1.165) is 31.8 Å². The SMILES string of the molecule is CCCOc1ccc(C(=O)N(CCN(CC)CC)c2ccccc2C(C)=O)cc1. The van der Waals surface area contributed by atoms with E-state index in [1.54, 1.807) is 23.1 Å². The van der Waals surface area contributed by atoms with Crippen molar-refractivity contribution in [3.8, 4) is 5.75 Å². The Morgan fingerprint density at radius 2 is 1.55 bits per heavy atom. The van der Waals surface area contributed by atoms with Gasteiger partial charge in [0.05, 0.1) is 12.3 Å². The number of anilines is 1. The Labute approximate surface area is 174 Å². The molecule has 0 spiro atoms. The summed E-state index contributed by atoms with van der Waals surface area (Å²) in [5.41, 5.74) is 1.79. The Bertz CT molecular complexity index is 798. The van der Waals surface area contributed by atoms with Crippen LogP contribution in [0.2, 0.25) is 0 Å². The maximum Gasteiger partial charge on any atom is 0.258 e. The number of benzene rings is 2. The van der Waals surface area contributed by atoms with Gasteiger partial charge in [0.2, 0.25) is 0 Å². The highest BCUT2D eigenvalue weighted by Crippen LogP contribution is 2.24. The van der Waals surface area contributed by atoms with Crippen LogP contribution in [-0.2, 0) is 0 Å². The first kappa shape index (κ1) is 22.6. The lowest BCUT2D eigenvalue weighted by molar-refractivity contribution is 0.0983. The predicted molar refractivity (Wildman–Crippen MR) is 118 cm³/mol. The molecule has 2 rings (SSSR count). The van der Waals surface area contributed by atoms with Gasteiger partial charge in [-0.15, -0.1) is 0 Å². The third-order valence-electron chi connectivity index (χ3n) is 4.93. The van der Waals surface area contributed by atoms with Gasteiger partial charge in [-0.05, 0) is 62.8 Å². The van der Waals surface area contributed by atoms with Crippen molar-refractivity contribution in [2.45, 2.75) is 34.1 Å². The quantitative estimate of drug-likeness (QED) is 0.518. The summed E-state index contributed by atoms with van der Waals surface area (Å²) >= 11 is 0. The van der Waals surface area contributed by atoms with E-state index in [9.17, 15) is 9.59 Å². The van der Waals surface area contributed by atoms with Crippen molar-refractivity contribution < 1.29 is 14.3 Å². The zero-order valence-electron chi connectivity index (χ0n) is 18.0. The average Bonchev–Trinajstić information content (AvgIpc) is 2.75. The van der Waals surface area contributed by atoms with Gasteiger partial charge in [-0.1, -0.05) is 32.9 Å².